The van der Waals surface area contributed by atoms with Crippen LogP contribution in [-0.2, 0) is 16.0 Å². The van der Waals surface area contributed by atoms with Gasteiger partial charge in [0.15, 0.2) is 0 Å². The maximum absolute atomic E-state index is 12.0. The van der Waals surface area contributed by atoms with Crippen LogP contribution in [0.3, 0.4) is 0 Å². The first-order valence-electron chi connectivity index (χ1n) is 6.74. The lowest BCUT2D eigenvalue weighted by molar-refractivity contribution is -0.121. The Bertz CT molecular complexity index is 726. The van der Waals surface area contributed by atoms with Crippen molar-refractivity contribution in [2.45, 2.75) is 19.3 Å². The smallest absolute Gasteiger partial charge is 0.273 e. The Morgan fingerprint density at radius 2 is 2.05 bits per heavy atom. The summed E-state index contributed by atoms with van der Waals surface area (Å²) in [6, 6.07) is 9.92. The van der Waals surface area contributed by atoms with E-state index in [1.54, 1.807) is 0 Å². The van der Waals surface area contributed by atoms with Crippen LogP contribution < -0.4 is 10.7 Å². The zero-order valence-corrected chi connectivity index (χ0v) is 12.4. The molecule has 8 heteroatoms. The number of nitrogens with zero attached hydrogens (tertiary/aromatic N) is 3. The predicted octanol–water partition coefficient (Wildman–Crippen LogP) is 1.33. The van der Waals surface area contributed by atoms with E-state index in [2.05, 4.69) is 26.0 Å². The van der Waals surface area contributed by atoms with Crippen molar-refractivity contribution < 1.29 is 9.59 Å². The third kappa shape index (κ3) is 3.53. The second-order valence-electron chi connectivity index (χ2n) is 4.71. The summed E-state index contributed by atoms with van der Waals surface area (Å²) in [5, 5.41) is 15.7. The minimum atomic E-state index is -0.359. The van der Waals surface area contributed by atoms with Crippen LogP contribution in [0.5, 0.6) is 0 Å². The second kappa shape index (κ2) is 6.44. The molecule has 22 heavy (non-hydrogen) atoms. The molecular formula is C14H13N5O2S. The molecule has 1 aliphatic rings. The lowest BCUT2D eigenvalue weighted by Gasteiger charge is -2.10. The number of aromatic nitrogens is 2. The fourth-order valence-electron chi connectivity index (χ4n) is 1.95. The Hall–Kier alpha value is -2.61. The number of nitrogens with one attached hydrogen (secondary N) is 2. The standard InChI is InChI=1S/C14H13N5O2S/c20-11-7-6-10(16-17-11)13(21)15-14-19-18-12(22-14)8-9-4-2-1-3-5-9/h1-5H,6-8H2,(H,17,20)(H,15,19,21). The number of rotatable bonds is 4. The maximum atomic E-state index is 12.0. The van der Waals surface area contributed by atoms with E-state index in [0.29, 0.717) is 23.7 Å². The summed E-state index contributed by atoms with van der Waals surface area (Å²) >= 11 is 1.32. The van der Waals surface area contributed by atoms with Crippen LogP contribution in [0, 0.1) is 0 Å². The third-order valence-electron chi connectivity index (χ3n) is 3.05. The van der Waals surface area contributed by atoms with Crippen molar-refractivity contribution in [3.05, 3.63) is 40.9 Å². The average molecular weight is 315 g/mol. The first kappa shape index (κ1) is 14.3. The van der Waals surface area contributed by atoms with Crippen molar-refractivity contribution in [2.24, 2.45) is 5.10 Å². The Kier molecular flexibility index (Phi) is 4.19. The highest BCUT2D eigenvalue weighted by Crippen LogP contribution is 2.18. The van der Waals surface area contributed by atoms with Crippen molar-refractivity contribution >= 4 is 34.0 Å². The summed E-state index contributed by atoms with van der Waals surface area (Å²) in [5.41, 5.74) is 3.72. The van der Waals surface area contributed by atoms with Gasteiger partial charge in [0, 0.05) is 19.3 Å². The van der Waals surface area contributed by atoms with E-state index in [1.165, 1.54) is 11.3 Å². The Labute approximate surface area is 130 Å². The number of hydrazone groups is 1. The van der Waals surface area contributed by atoms with Gasteiger partial charge >= 0.3 is 0 Å². The Morgan fingerprint density at radius 1 is 1.23 bits per heavy atom. The van der Waals surface area contributed by atoms with Gasteiger partial charge in [0.1, 0.15) is 10.7 Å². The Balaban J connectivity index is 1.62. The molecule has 2 heterocycles. The zero-order chi connectivity index (χ0) is 15.4. The molecule has 0 saturated heterocycles. The zero-order valence-electron chi connectivity index (χ0n) is 11.6. The predicted molar refractivity (Wildman–Crippen MR) is 82.6 cm³/mol. The number of carbonyl (C=O) groups is 2. The fourth-order valence-corrected chi connectivity index (χ4v) is 2.72. The second-order valence-corrected chi connectivity index (χ2v) is 5.77. The lowest BCUT2D eigenvalue weighted by Crippen LogP contribution is -2.32. The number of amides is 2. The van der Waals surface area contributed by atoms with E-state index < -0.39 is 0 Å². The van der Waals surface area contributed by atoms with Crippen molar-refractivity contribution in [1.29, 1.82) is 0 Å². The maximum Gasteiger partial charge on any atom is 0.273 e. The summed E-state index contributed by atoms with van der Waals surface area (Å²) in [4.78, 5) is 23.0. The van der Waals surface area contributed by atoms with Crippen LogP contribution in [0.1, 0.15) is 23.4 Å². The van der Waals surface area contributed by atoms with Gasteiger partial charge < -0.3 is 0 Å². The number of carbonyl (C=O) groups excluding carboxylic acids is 2. The van der Waals surface area contributed by atoms with E-state index in [-0.39, 0.29) is 18.2 Å². The largest absolute Gasteiger partial charge is 0.295 e. The van der Waals surface area contributed by atoms with Gasteiger partial charge in [0.05, 0.1) is 0 Å². The van der Waals surface area contributed by atoms with Crippen molar-refractivity contribution in [2.75, 3.05) is 5.32 Å². The van der Waals surface area contributed by atoms with Crippen LogP contribution >= 0.6 is 11.3 Å². The van der Waals surface area contributed by atoms with E-state index >= 15 is 0 Å². The molecule has 1 aromatic carbocycles. The highest BCUT2D eigenvalue weighted by molar-refractivity contribution is 7.15. The Morgan fingerprint density at radius 3 is 2.77 bits per heavy atom. The van der Waals surface area contributed by atoms with E-state index in [4.69, 9.17) is 0 Å². The van der Waals surface area contributed by atoms with E-state index in [0.717, 1.165) is 10.6 Å². The normalized spacial score (nSPS) is 14.2. The third-order valence-corrected chi connectivity index (χ3v) is 3.89. The fraction of sp³-hybridized carbons (Fsp3) is 0.214. The minimum Gasteiger partial charge on any atom is -0.295 e. The van der Waals surface area contributed by atoms with E-state index in [1.807, 2.05) is 30.3 Å². The molecule has 0 unspecified atom stereocenters. The van der Waals surface area contributed by atoms with Crippen molar-refractivity contribution in [1.82, 2.24) is 15.6 Å². The highest BCUT2D eigenvalue weighted by Gasteiger charge is 2.19. The van der Waals surface area contributed by atoms with Gasteiger partial charge in [0.25, 0.3) is 5.91 Å². The summed E-state index contributed by atoms with van der Waals surface area (Å²) < 4.78 is 0. The average Bonchev–Trinajstić information content (AvgIpc) is 2.96. The van der Waals surface area contributed by atoms with Gasteiger partial charge in [-0.3, -0.25) is 14.9 Å². The van der Waals surface area contributed by atoms with Gasteiger partial charge in [0.2, 0.25) is 11.0 Å². The molecule has 2 amide bonds. The summed E-state index contributed by atoms with van der Waals surface area (Å²) in [6.07, 6.45) is 1.26. The van der Waals surface area contributed by atoms with Crippen LogP contribution in [0.4, 0.5) is 5.13 Å². The molecule has 3 rings (SSSR count). The number of hydrogen-bond donors (Lipinski definition) is 2. The highest BCUT2D eigenvalue weighted by atomic mass is 32.1. The number of anilines is 1. The minimum absolute atomic E-state index is 0.183. The van der Waals surface area contributed by atoms with Crippen LogP contribution in [0.25, 0.3) is 0 Å². The molecule has 0 radical (unpaired) electrons. The van der Waals surface area contributed by atoms with Crippen LogP contribution in [0.15, 0.2) is 35.4 Å². The topological polar surface area (TPSA) is 96.3 Å². The lowest BCUT2D eigenvalue weighted by atomic mass is 10.2. The molecule has 0 atom stereocenters. The molecule has 1 aliphatic heterocycles. The molecule has 2 aromatic rings. The molecule has 0 fully saturated rings. The molecule has 2 N–H and O–H groups in total. The number of hydrogen-bond acceptors (Lipinski definition) is 6. The van der Waals surface area contributed by atoms with Crippen LogP contribution in [0.2, 0.25) is 0 Å². The first-order valence-corrected chi connectivity index (χ1v) is 7.55. The van der Waals surface area contributed by atoms with Gasteiger partial charge in [-0.2, -0.15) is 5.10 Å². The van der Waals surface area contributed by atoms with Gasteiger partial charge in [-0.1, -0.05) is 41.7 Å². The molecular weight excluding hydrogens is 302 g/mol. The molecule has 0 saturated carbocycles. The summed E-state index contributed by atoms with van der Waals surface area (Å²) in [5.74, 6) is -0.542. The quantitative estimate of drug-likeness (QED) is 0.889. The van der Waals surface area contributed by atoms with Crippen molar-refractivity contribution in [3.63, 3.8) is 0 Å². The molecule has 7 nitrogen and oxygen atoms in total. The van der Waals surface area contributed by atoms with E-state index in [9.17, 15) is 9.59 Å². The van der Waals surface area contributed by atoms with Gasteiger partial charge in [-0.15, -0.1) is 10.2 Å². The summed E-state index contributed by atoms with van der Waals surface area (Å²) in [6.45, 7) is 0. The van der Waals surface area contributed by atoms with Gasteiger partial charge in [-0.05, 0) is 5.56 Å². The number of benzene rings is 1. The molecule has 0 bridgehead atoms. The summed E-state index contributed by atoms with van der Waals surface area (Å²) in [7, 11) is 0. The molecule has 0 aliphatic carbocycles. The monoisotopic (exact) mass is 315 g/mol. The molecule has 112 valence electrons. The SMILES string of the molecule is O=C1CCC(C(=O)Nc2nnc(Cc3ccccc3)s2)=NN1. The molecule has 0 spiro atoms. The first-order chi connectivity index (χ1) is 10.7. The molecule has 1 aromatic heterocycles. The van der Waals surface area contributed by atoms with Crippen molar-refractivity contribution in [3.8, 4) is 0 Å². The van der Waals surface area contributed by atoms with Crippen LogP contribution in [-0.4, -0.2) is 27.7 Å². The van der Waals surface area contributed by atoms with Gasteiger partial charge in [-0.25, -0.2) is 5.43 Å².